The van der Waals surface area contributed by atoms with E-state index in [1.807, 2.05) is 0 Å². The van der Waals surface area contributed by atoms with Gasteiger partial charge in [-0.25, -0.2) is 4.79 Å². The minimum absolute atomic E-state index is 0.415. The maximum absolute atomic E-state index is 14.0. The number of ether oxygens (including phenoxy) is 2. The Labute approximate surface area is 217 Å². The quantitative estimate of drug-likeness (QED) is 0.400. The molecule has 0 heterocycles. The van der Waals surface area contributed by atoms with Gasteiger partial charge in [-0.3, -0.25) is 19.2 Å². The number of methoxy groups -OCH3 is 1. The van der Waals surface area contributed by atoms with Gasteiger partial charge in [0.15, 0.2) is 0 Å². The van der Waals surface area contributed by atoms with Crippen molar-refractivity contribution >= 4 is 35.9 Å². The van der Waals surface area contributed by atoms with Crippen molar-refractivity contribution in [3.63, 3.8) is 0 Å². The Hall–Kier alpha value is -3.89. The highest BCUT2D eigenvalue weighted by Crippen LogP contribution is 2.31. The van der Waals surface area contributed by atoms with Crippen molar-refractivity contribution in [2.24, 2.45) is 5.73 Å². The first-order chi connectivity index (χ1) is 17.0. The Morgan fingerprint density at radius 3 is 2.22 bits per heavy atom. The molecule has 0 aromatic heterocycles. The van der Waals surface area contributed by atoms with E-state index in [1.54, 1.807) is 71.9 Å². The van der Waals surface area contributed by atoms with Gasteiger partial charge >= 0.3 is 12.1 Å². The van der Waals surface area contributed by atoms with E-state index in [1.165, 1.54) is 12.0 Å². The predicted molar refractivity (Wildman–Crippen MR) is 138 cm³/mol. The molecule has 0 aliphatic carbocycles. The first kappa shape index (κ1) is 31.1. The van der Waals surface area contributed by atoms with Crippen molar-refractivity contribution in [2.45, 2.75) is 71.2 Å². The van der Waals surface area contributed by atoms with Crippen LogP contribution in [0.1, 0.15) is 65.1 Å². The molecule has 0 aliphatic heterocycles. The molecule has 0 spiro atoms. The van der Waals surface area contributed by atoms with Crippen LogP contribution in [0.4, 0.5) is 4.79 Å². The molecule has 0 fully saturated rings. The molecule has 11 heteroatoms. The van der Waals surface area contributed by atoms with Crippen LogP contribution in [0.5, 0.6) is 0 Å². The molecule has 0 bridgehead atoms. The molecule has 4 amide bonds. The van der Waals surface area contributed by atoms with E-state index >= 15 is 0 Å². The summed E-state index contributed by atoms with van der Waals surface area (Å²) in [5.74, 6) is -2.95. The van der Waals surface area contributed by atoms with Crippen LogP contribution in [0.25, 0.3) is 6.08 Å². The first-order valence-electron chi connectivity index (χ1n) is 11.7. The molecule has 0 aliphatic rings. The summed E-state index contributed by atoms with van der Waals surface area (Å²) in [5.41, 5.74) is 4.62. The monoisotopic (exact) mass is 518 g/mol. The third-order valence-electron chi connectivity index (χ3n) is 4.96. The van der Waals surface area contributed by atoms with E-state index < -0.39 is 66.0 Å². The molecule has 4 N–H and O–H groups in total. The lowest BCUT2D eigenvalue weighted by Gasteiger charge is -2.43. The van der Waals surface area contributed by atoms with Crippen molar-refractivity contribution in [1.29, 1.82) is 0 Å². The van der Waals surface area contributed by atoms with Crippen LogP contribution in [0.3, 0.4) is 0 Å². The lowest BCUT2D eigenvalue weighted by Crippen LogP contribution is -2.59. The Balaban J connectivity index is 3.62. The number of nitrogens with two attached hydrogens (primary N) is 1. The van der Waals surface area contributed by atoms with Gasteiger partial charge in [0.2, 0.25) is 17.7 Å². The first-order valence-corrected chi connectivity index (χ1v) is 11.7. The van der Waals surface area contributed by atoms with Gasteiger partial charge in [0.25, 0.3) is 0 Å². The van der Waals surface area contributed by atoms with E-state index in [9.17, 15) is 24.0 Å². The third kappa shape index (κ3) is 9.94. The SMILES string of the molecule is C=Cc1cccc(C(C(=O)NCC(=O)OC)N(C(=O)C(CC(N)=O)NC(=O)OC(C)(C)C)C(C)(C)C)c1. The van der Waals surface area contributed by atoms with Crippen LogP contribution in [0, 0.1) is 0 Å². The van der Waals surface area contributed by atoms with Crippen LogP contribution in [0.15, 0.2) is 30.8 Å². The number of primary amides is 1. The molecule has 204 valence electrons. The number of rotatable bonds is 10. The minimum Gasteiger partial charge on any atom is -0.468 e. The van der Waals surface area contributed by atoms with Gasteiger partial charge in [-0.2, -0.15) is 0 Å². The topological polar surface area (TPSA) is 157 Å². The summed E-state index contributed by atoms with van der Waals surface area (Å²) in [5, 5.41) is 4.90. The maximum atomic E-state index is 14.0. The standard InChI is InChI=1S/C26H38N4O7/c1-9-16-11-10-12-17(13-16)21(22(33)28-15-20(32)36-8)30(25(2,3)4)23(34)18(14-19(27)31)29-24(35)37-26(5,6)7/h9-13,18,21H,1,14-15H2,2-8H3,(H2,27,31)(H,28,33)(H,29,35). The molecule has 37 heavy (non-hydrogen) atoms. The van der Waals surface area contributed by atoms with Crippen LogP contribution in [0.2, 0.25) is 0 Å². The molecule has 0 saturated carbocycles. The van der Waals surface area contributed by atoms with Gasteiger partial charge in [-0.15, -0.1) is 0 Å². The lowest BCUT2D eigenvalue weighted by molar-refractivity contribution is -0.150. The number of nitrogens with zero attached hydrogens (tertiary/aromatic N) is 1. The second-order valence-corrected chi connectivity index (χ2v) is 10.3. The molecular weight excluding hydrogens is 480 g/mol. The molecule has 1 aromatic rings. The molecule has 2 atom stereocenters. The highest BCUT2D eigenvalue weighted by molar-refractivity contribution is 5.95. The Morgan fingerprint density at radius 1 is 1.11 bits per heavy atom. The summed E-state index contributed by atoms with van der Waals surface area (Å²) in [6.45, 7) is 13.3. The molecule has 2 unspecified atom stereocenters. The van der Waals surface area contributed by atoms with Crippen molar-refractivity contribution in [1.82, 2.24) is 15.5 Å². The fourth-order valence-electron chi connectivity index (χ4n) is 3.47. The zero-order valence-corrected chi connectivity index (χ0v) is 22.5. The summed E-state index contributed by atoms with van der Waals surface area (Å²) >= 11 is 0. The molecule has 1 rings (SSSR count). The Kier molecular flexibility index (Phi) is 10.8. The Bertz CT molecular complexity index is 1020. The van der Waals surface area contributed by atoms with Crippen LogP contribution in [-0.2, 0) is 28.7 Å². The summed E-state index contributed by atoms with van der Waals surface area (Å²) in [7, 11) is 1.18. The van der Waals surface area contributed by atoms with E-state index in [4.69, 9.17) is 10.5 Å². The van der Waals surface area contributed by atoms with Crippen molar-refractivity contribution in [3.8, 4) is 0 Å². The minimum atomic E-state index is -1.43. The molecule has 0 radical (unpaired) electrons. The third-order valence-corrected chi connectivity index (χ3v) is 4.96. The summed E-state index contributed by atoms with van der Waals surface area (Å²) in [4.78, 5) is 64.7. The largest absolute Gasteiger partial charge is 0.468 e. The van der Waals surface area contributed by atoms with Crippen LogP contribution >= 0.6 is 0 Å². The second kappa shape index (κ2) is 12.9. The summed E-state index contributed by atoms with van der Waals surface area (Å²) in [6.07, 6.45) is 0.116. The summed E-state index contributed by atoms with van der Waals surface area (Å²) < 4.78 is 9.85. The number of esters is 1. The van der Waals surface area contributed by atoms with Gasteiger partial charge in [0.1, 0.15) is 24.2 Å². The maximum Gasteiger partial charge on any atom is 0.408 e. The fraction of sp³-hybridized carbons (Fsp3) is 0.500. The average molecular weight is 519 g/mol. The number of hydrogen-bond donors (Lipinski definition) is 3. The number of carbonyl (C=O) groups is 5. The molecule has 11 nitrogen and oxygen atoms in total. The molecule has 0 saturated heterocycles. The number of nitrogens with one attached hydrogen (secondary N) is 2. The fourth-order valence-corrected chi connectivity index (χ4v) is 3.47. The van der Waals surface area contributed by atoms with Gasteiger partial charge < -0.3 is 30.7 Å². The van der Waals surface area contributed by atoms with Crippen molar-refractivity contribution in [3.05, 3.63) is 42.0 Å². The predicted octanol–water partition coefficient (Wildman–Crippen LogP) is 2.06. The van der Waals surface area contributed by atoms with Crippen molar-refractivity contribution in [2.75, 3.05) is 13.7 Å². The van der Waals surface area contributed by atoms with Gasteiger partial charge in [0.05, 0.1) is 13.5 Å². The normalized spacial score (nSPS) is 12.9. The highest BCUT2D eigenvalue weighted by Gasteiger charge is 2.42. The number of carbonyl (C=O) groups excluding carboxylic acids is 5. The van der Waals surface area contributed by atoms with E-state index in [0.29, 0.717) is 11.1 Å². The van der Waals surface area contributed by atoms with Crippen LogP contribution < -0.4 is 16.4 Å². The Morgan fingerprint density at radius 2 is 1.73 bits per heavy atom. The smallest absolute Gasteiger partial charge is 0.408 e. The molecular formula is C26H38N4O7. The molecule has 1 aromatic carbocycles. The van der Waals surface area contributed by atoms with Gasteiger partial charge in [-0.05, 0) is 58.7 Å². The lowest BCUT2D eigenvalue weighted by atomic mass is 9.94. The number of benzene rings is 1. The number of amides is 4. The average Bonchev–Trinajstić information content (AvgIpc) is 2.77. The van der Waals surface area contributed by atoms with Gasteiger partial charge in [-0.1, -0.05) is 30.9 Å². The zero-order valence-electron chi connectivity index (χ0n) is 22.5. The van der Waals surface area contributed by atoms with E-state index in [0.717, 1.165) is 0 Å². The van der Waals surface area contributed by atoms with E-state index in [-0.39, 0.29) is 0 Å². The van der Waals surface area contributed by atoms with Crippen LogP contribution in [-0.4, -0.2) is 65.5 Å². The van der Waals surface area contributed by atoms with Gasteiger partial charge in [0, 0.05) is 5.54 Å². The van der Waals surface area contributed by atoms with E-state index in [2.05, 4.69) is 21.9 Å². The summed E-state index contributed by atoms with van der Waals surface area (Å²) in [6, 6.07) is 4.09. The second-order valence-electron chi connectivity index (χ2n) is 10.3. The zero-order chi connectivity index (χ0) is 28.6. The number of alkyl carbamates (subject to hydrolysis) is 1. The highest BCUT2D eigenvalue weighted by atomic mass is 16.6. The van der Waals surface area contributed by atoms with Crippen molar-refractivity contribution < 1.29 is 33.4 Å². The number of hydrogen-bond acceptors (Lipinski definition) is 7.